The van der Waals surface area contributed by atoms with E-state index in [2.05, 4.69) is 59.9 Å². The first kappa shape index (κ1) is 19.9. The van der Waals surface area contributed by atoms with Gasteiger partial charge >= 0.3 is 0 Å². The van der Waals surface area contributed by atoms with Crippen LogP contribution < -0.4 is 5.32 Å². The maximum atomic E-state index is 12.6. The summed E-state index contributed by atoms with van der Waals surface area (Å²) in [5.41, 5.74) is 3.13. The molecule has 1 atom stereocenters. The van der Waals surface area contributed by atoms with E-state index >= 15 is 0 Å². The summed E-state index contributed by atoms with van der Waals surface area (Å²) in [5.74, 6) is 0.957. The Kier molecular flexibility index (Phi) is 5.98. The molecular formula is C24H29N3O. The Morgan fingerprint density at radius 2 is 1.79 bits per heavy atom. The van der Waals surface area contributed by atoms with Crippen molar-refractivity contribution in [2.75, 3.05) is 0 Å². The molecule has 3 rings (SSSR count). The van der Waals surface area contributed by atoms with E-state index in [9.17, 15) is 4.79 Å². The predicted octanol–water partition coefficient (Wildman–Crippen LogP) is 4.73. The number of aryl methyl sites for hydroxylation is 1. The van der Waals surface area contributed by atoms with Gasteiger partial charge in [0.05, 0.1) is 0 Å². The molecule has 2 aromatic carbocycles. The zero-order valence-corrected chi connectivity index (χ0v) is 17.1. The first-order valence-electron chi connectivity index (χ1n) is 9.78. The first-order valence-corrected chi connectivity index (χ1v) is 9.78. The summed E-state index contributed by atoms with van der Waals surface area (Å²) in [6.45, 7) is 9.25. The number of carbonyl (C=O) groups excluding carboxylic acids is 1. The quantitative estimate of drug-likeness (QED) is 0.649. The molecular weight excluding hydrogens is 346 g/mol. The van der Waals surface area contributed by atoms with Gasteiger partial charge in [-0.15, -0.1) is 0 Å². The second-order valence-electron chi connectivity index (χ2n) is 8.13. The summed E-state index contributed by atoms with van der Waals surface area (Å²) < 4.78 is 2.09. The maximum absolute atomic E-state index is 12.6. The minimum atomic E-state index is -0.0262. The van der Waals surface area contributed by atoms with Gasteiger partial charge in [-0.2, -0.15) is 0 Å². The number of hydrogen-bond donors (Lipinski definition) is 1. The van der Waals surface area contributed by atoms with E-state index < -0.39 is 0 Å². The van der Waals surface area contributed by atoms with Crippen LogP contribution in [0.25, 0.3) is 0 Å². The monoisotopic (exact) mass is 375 g/mol. The minimum Gasteiger partial charge on any atom is -0.350 e. The second kappa shape index (κ2) is 8.42. The number of nitrogens with zero attached hydrogens (tertiary/aromatic N) is 2. The highest BCUT2D eigenvalue weighted by Crippen LogP contribution is 2.28. The smallest absolute Gasteiger partial charge is 0.251 e. The Labute approximate surface area is 167 Å². The van der Waals surface area contributed by atoms with Gasteiger partial charge in [0, 0.05) is 30.5 Å². The number of carbonyl (C=O) groups is 1. The zero-order chi connectivity index (χ0) is 20.1. The molecule has 0 aliphatic carbocycles. The molecule has 146 valence electrons. The molecule has 28 heavy (non-hydrogen) atoms. The number of benzene rings is 2. The molecule has 1 amide bonds. The van der Waals surface area contributed by atoms with Crippen LogP contribution in [0.5, 0.6) is 0 Å². The highest BCUT2D eigenvalue weighted by Gasteiger charge is 2.24. The van der Waals surface area contributed by atoms with Crippen molar-refractivity contribution in [3.8, 4) is 0 Å². The van der Waals surface area contributed by atoms with Gasteiger partial charge in [0.15, 0.2) is 0 Å². The average Bonchev–Trinajstić information content (AvgIpc) is 3.07. The third-order valence-corrected chi connectivity index (χ3v) is 5.24. The maximum Gasteiger partial charge on any atom is 0.251 e. The van der Waals surface area contributed by atoms with Crippen LogP contribution in [0.15, 0.2) is 67.0 Å². The Bertz CT molecular complexity index is 911. The van der Waals surface area contributed by atoms with Gasteiger partial charge in [-0.05, 0) is 48.9 Å². The molecule has 0 fully saturated rings. The summed E-state index contributed by atoms with van der Waals surface area (Å²) in [6, 6.07) is 18.3. The molecule has 1 heterocycles. The van der Waals surface area contributed by atoms with E-state index in [0.717, 1.165) is 24.4 Å². The lowest BCUT2D eigenvalue weighted by Crippen LogP contribution is -2.37. The molecule has 0 saturated heterocycles. The van der Waals surface area contributed by atoms with E-state index in [4.69, 9.17) is 0 Å². The number of nitrogens with one attached hydrogen (secondary N) is 1. The van der Waals surface area contributed by atoms with Gasteiger partial charge in [0.1, 0.15) is 5.82 Å². The third kappa shape index (κ3) is 4.89. The second-order valence-corrected chi connectivity index (χ2v) is 8.13. The summed E-state index contributed by atoms with van der Waals surface area (Å²) in [5, 5.41) is 3.14. The van der Waals surface area contributed by atoms with Crippen LogP contribution in [0.1, 0.15) is 54.5 Å². The molecule has 3 aromatic rings. The minimum absolute atomic E-state index is 0.000470. The third-order valence-electron chi connectivity index (χ3n) is 5.24. The van der Waals surface area contributed by atoms with Gasteiger partial charge < -0.3 is 9.88 Å². The molecule has 0 radical (unpaired) electrons. The number of hydrogen-bond acceptors (Lipinski definition) is 2. The summed E-state index contributed by atoms with van der Waals surface area (Å²) >= 11 is 0. The largest absolute Gasteiger partial charge is 0.350 e. The number of aromatic nitrogens is 2. The lowest BCUT2D eigenvalue weighted by molar-refractivity contribution is 0.0934. The fourth-order valence-electron chi connectivity index (χ4n) is 3.66. The molecule has 1 unspecified atom stereocenters. The first-order chi connectivity index (χ1) is 13.3. The molecule has 0 saturated carbocycles. The van der Waals surface area contributed by atoms with Crippen LogP contribution >= 0.6 is 0 Å². The van der Waals surface area contributed by atoms with Crippen molar-refractivity contribution in [3.05, 3.63) is 89.5 Å². The highest BCUT2D eigenvalue weighted by molar-refractivity contribution is 5.94. The van der Waals surface area contributed by atoms with Gasteiger partial charge in [-0.25, -0.2) is 4.98 Å². The van der Waals surface area contributed by atoms with E-state index in [1.807, 2.05) is 43.5 Å². The fraction of sp³-hybridized carbons (Fsp3) is 0.333. The normalized spacial score (nSPS) is 12.6. The van der Waals surface area contributed by atoms with Crippen molar-refractivity contribution in [1.29, 1.82) is 0 Å². The zero-order valence-electron chi connectivity index (χ0n) is 17.1. The molecule has 1 N–H and O–H groups in total. The molecule has 0 aliphatic heterocycles. The topological polar surface area (TPSA) is 46.9 Å². The fourth-order valence-corrected chi connectivity index (χ4v) is 3.66. The van der Waals surface area contributed by atoms with Crippen LogP contribution in [0.3, 0.4) is 0 Å². The summed E-state index contributed by atoms with van der Waals surface area (Å²) in [7, 11) is 0. The van der Waals surface area contributed by atoms with E-state index in [-0.39, 0.29) is 17.4 Å². The lowest BCUT2D eigenvalue weighted by Gasteiger charge is -2.29. The van der Waals surface area contributed by atoms with Crippen LogP contribution in [0.4, 0.5) is 0 Å². The number of amides is 1. The standard InChI is InChI=1S/C24H29N3O/c1-18(16-24(3,4)22-8-6-5-7-9-22)26-23(28)21-12-10-20(11-13-21)17-27-15-14-25-19(27)2/h5-15,18H,16-17H2,1-4H3,(H,26,28). The van der Waals surface area contributed by atoms with Gasteiger partial charge in [-0.3, -0.25) is 4.79 Å². The van der Waals surface area contributed by atoms with Crippen molar-refractivity contribution < 1.29 is 4.79 Å². The van der Waals surface area contributed by atoms with Crippen molar-refractivity contribution in [1.82, 2.24) is 14.9 Å². The summed E-state index contributed by atoms with van der Waals surface area (Å²) in [4.78, 5) is 16.9. The molecule has 0 bridgehead atoms. The Morgan fingerprint density at radius 1 is 1.11 bits per heavy atom. The van der Waals surface area contributed by atoms with Crippen molar-refractivity contribution in [2.45, 2.75) is 52.1 Å². The van der Waals surface area contributed by atoms with Crippen LogP contribution in [0.2, 0.25) is 0 Å². The Balaban J connectivity index is 1.59. The van der Waals surface area contributed by atoms with Crippen LogP contribution in [-0.2, 0) is 12.0 Å². The molecule has 4 heteroatoms. The van der Waals surface area contributed by atoms with Crippen molar-refractivity contribution >= 4 is 5.91 Å². The van der Waals surface area contributed by atoms with Gasteiger partial charge in [0.2, 0.25) is 0 Å². The van der Waals surface area contributed by atoms with E-state index in [1.165, 1.54) is 5.56 Å². The van der Waals surface area contributed by atoms with Crippen molar-refractivity contribution in [3.63, 3.8) is 0 Å². The summed E-state index contributed by atoms with van der Waals surface area (Å²) in [6.07, 6.45) is 4.64. The van der Waals surface area contributed by atoms with Crippen molar-refractivity contribution in [2.24, 2.45) is 0 Å². The Morgan fingerprint density at radius 3 is 2.39 bits per heavy atom. The highest BCUT2D eigenvalue weighted by atomic mass is 16.1. The Hall–Kier alpha value is -2.88. The van der Waals surface area contributed by atoms with E-state index in [1.54, 1.807) is 6.20 Å². The SMILES string of the molecule is Cc1nccn1Cc1ccc(C(=O)NC(C)CC(C)(C)c2ccccc2)cc1. The van der Waals surface area contributed by atoms with Crippen LogP contribution in [-0.4, -0.2) is 21.5 Å². The molecule has 0 spiro atoms. The van der Waals surface area contributed by atoms with Crippen LogP contribution in [0, 0.1) is 6.92 Å². The average molecular weight is 376 g/mol. The number of imidazole rings is 1. The predicted molar refractivity (Wildman–Crippen MR) is 114 cm³/mol. The molecule has 4 nitrogen and oxygen atoms in total. The van der Waals surface area contributed by atoms with E-state index in [0.29, 0.717) is 5.56 Å². The lowest BCUT2D eigenvalue weighted by atomic mass is 9.79. The molecule has 1 aromatic heterocycles. The van der Waals surface area contributed by atoms with Gasteiger partial charge in [0.25, 0.3) is 5.91 Å². The molecule has 0 aliphatic rings. The number of rotatable bonds is 7. The van der Waals surface area contributed by atoms with Gasteiger partial charge in [-0.1, -0.05) is 56.3 Å².